The first-order chi connectivity index (χ1) is 9.11. The van der Waals surface area contributed by atoms with Crippen LogP contribution in [0, 0.1) is 19.8 Å². The van der Waals surface area contributed by atoms with Crippen LogP contribution in [0.2, 0.25) is 0 Å². The number of benzene rings is 1. The minimum absolute atomic E-state index is 0.706. The lowest BCUT2D eigenvalue weighted by atomic mass is 9.87. The van der Waals surface area contributed by atoms with Gasteiger partial charge in [-0.3, -0.25) is 0 Å². The van der Waals surface area contributed by atoms with Crippen molar-refractivity contribution in [3.63, 3.8) is 0 Å². The third kappa shape index (κ3) is 3.50. The standard InChI is InChI=1S/C17H27NO/c1-12-5-8-16(9-6-12)18-11-15-7-10-17(19-4)14(3)13(15)2/h7,10,12,16,18H,5-6,8-9,11H2,1-4H3. The molecule has 106 valence electrons. The summed E-state index contributed by atoms with van der Waals surface area (Å²) >= 11 is 0. The second-order valence-electron chi connectivity index (χ2n) is 6.01. The minimum atomic E-state index is 0.706. The zero-order valence-electron chi connectivity index (χ0n) is 12.8. The Morgan fingerprint density at radius 2 is 1.79 bits per heavy atom. The maximum Gasteiger partial charge on any atom is 0.122 e. The second-order valence-corrected chi connectivity index (χ2v) is 6.01. The third-order valence-electron chi connectivity index (χ3n) is 4.67. The van der Waals surface area contributed by atoms with E-state index in [0.717, 1.165) is 18.2 Å². The summed E-state index contributed by atoms with van der Waals surface area (Å²) in [5.41, 5.74) is 4.02. The van der Waals surface area contributed by atoms with Gasteiger partial charge >= 0.3 is 0 Å². The summed E-state index contributed by atoms with van der Waals surface area (Å²) in [5, 5.41) is 3.72. The van der Waals surface area contributed by atoms with E-state index in [2.05, 4.69) is 38.2 Å². The van der Waals surface area contributed by atoms with E-state index in [1.165, 1.54) is 42.4 Å². The van der Waals surface area contributed by atoms with E-state index in [9.17, 15) is 0 Å². The summed E-state index contributed by atoms with van der Waals surface area (Å²) in [6, 6.07) is 4.99. The van der Waals surface area contributed by atoms with Crippen molar-refractivity contribution in [3.05, 3.63) is 28.8 Å². The molecule has 1 aromatic carbocycles. The molecule has 0 heterocycles. The van der Waals surface area contributed by atoms with Gasteiger partial charge in [0.1, 0.15) is 5.75 Å². The molecular weight excluding hydrogens is 234 g/mol. The second kappa shape index (κ2) is 6.42. The molecule has 1 fully saturated rings. The van der Waals surface area contributed by atoms with Crippen molar-refractivity contribution in [3.8, 4) is 5.75 Å². The van der Waals surface area contributed by atoms with Gasteiger partial charge in [0.25, 0.3) is 0 Å². The van der Waals surface area contributed by atoms with Crippen LogP contribution in [0.1, 0.15) is 49.3 Å². The molecule has 2 rings (SSSR count). The van der Waals surface area contributed by atoms with Crippen molar-refractivity contribution >= 4 is 0 Å². The van der Waals surface area contributed by atoms with Crippen molar-refractivity contribution in [2.75, 3.05) is 7.11 Å². The lowest BCUT2D eigenvalue weighted by Gasteiger charge is -2.27. The van der Waals surface area contributed by atoms with E-state index >= 15 is 0 Å². The van der Waals surface area contributed by atoms with Gasteiger partial charge in [0.15, 0.2) is 0 Å². The Balaban J connectivity index is 1.94. The van der Waals surface area contributed by atoms with Gasteiger partial charge in [-0.1, -0.05) is 13.0 Å². The topological polar surface area (TPSA) is 21.3 Å². The van der Waals surface area contributed by atoms with E-state index in [4.69, 9.17) is 4.74 Å². The van der Waals surface area contributed by atoms with Crippen LogP contribution < -0.4 is 10.1 Å². The fraction of sp³-hybridized carbons (Fsp3) is 0.647. The lowest BCUT2D eigenvalue weighted by molar-refractivity contribution is 0.306. The van der Waals surface area contributed by atoms with Gasteiger partial charge in [0.2, 0.25) is 0 Å². The predicted molar refractivity (Wildman–Crippen MR) is 80.7 cm³/mol. The summed E-state index contributed by atoms with van der Waals surface area (Å²) in [5.74, 6) is 1.91. The Morgan fingerprint density at radius 3 is 2.42 bits per heavy atom. The Kier molecular flexibility index (Phi) is 4.87. The SMILES string of the molecule is COc1ccc(CNC2CCC(C)CC2)c(C)c1C. The largest absolute Gasteiger partial charge is 0.496 e. The highest BCUT2D eigenvalue weighted by molar-refractivity contribution is 5.43. The predicted octanol–water partition coefficient (Wildman–Crippen LogP) is 3.98. The minimum Gasteiger partial charge on any atom is -0.496 e. The van der Waals surface area contributed by atoms with E-state index in [1.807, 2.05) is 0 Å². The van der Waals surface area contributed by atoms with Crippen LogP contribution in [0.5, 0.6) is 5.75 Å². The Morgan fingerprint density at radius 1 is 1.11 bits per heavy atom. The average Bonchev–Trinajstić information content (AvgIpc) is 2.42. The number of rotatable bonds is 4. The summed E-state index contributed by atoms with van der Waals surface area (Å²) in [6.45, 7) is 7.68. The molecule has 0 amide bonds. The Bertz CT molecular complexity index is 420. The number of ether oxygens (including phenoxy) is 1. The number of hydrogen-bond acceptors (Lipinski definition) is 2. The highest BCUT2D eigenvalue weighted by atomic mass is 16.5. The maximum absolute atomic E-state index is 5.37. The molecule has 2 heteroatoms. The van der Waals surface area contributed by atoms with Crippen LogP contribution in [0.25, 0.3) is 0 Å². The van der Waals surface area contributed by atoms with Crippen LogP contribution in [-0.2, 0) is 6.54 Å². The molecule has 1 N–H and O–H groups in total. The molecule has 1 aromatic rings. The van der Waals surface area contributed by atoms with Gasteiger partial charge in [-0.2, -0.15) is 0 Å². The van der Waals surface area contributed by atoms with Crippen molar-refractivity contribution in [2.24, 2.45) is 5.92 Å². The normalized spacial score (nSPS) is 23.4. The summed E-state index contributed by atoms with van der Waals surface area (Å²) in [7, 11) is 1.74. The van der Waals surface area contributed by atoms with Crippen molar-refractivity contribution in [2.45, 2.75) is 59.0 Å². The molecule has 1 aliphatic carbocycles. The first-order valence-electron chi connectivity index (χ1n) is 7.48. The van der Waals surface area contributed by atoms with E-state index in [-0.39, 0.29) is 0 Å². The first-order valence-corrected chi connectivity index (χ1v) is 7.48. The summed E-state index contributed by atoms with van der Waals surface area (Å²) in [6.07, 6.45) is 5.40. The van der Waals surface area contributed by atoms with Crippen LogP contribution in [0.4, 0.5) is 0 Å². The van der Waals surface area contributed by atoms with Gasteiger partial charge in [-0.05, 0) is 68.2 Å². The highest BCUT2D eigenvalue weighted by Crippen LogP contribution is 2.26. The first kappa shape index (κ1) is 14.4. The molecular formula is C17H27NO. The Labute approximate surface area is 117 Å². The quantitative estimate of drug-likeness (QED) is 0.885. The number of methoxy groups -OCH3 is 1. The van der Waals surface area contributed by atoms with Crippen LogP contribution in [0.3, 0.4) is 0 Å². The zero-order chi connectivity index (χ0) is 13.8. The van der Waals surface area contributed by atoms with Crippen LogP contribution in [0.15, 0.2) is 12.1 Å². The zero-order valence-corrected chi connectivity index (χ0v) is 12.8. The van der Waals surface area contributed by atoms with Gasteiger partial charge in [-0.25, -0.2) is 0 Å². The molecule has 0 aliphatic heterocycles. The monoisotopic (exact) mass is 261 g/mol. The van der Waals surface area contributed by atoms with Crippen molar-refractivity contribution in [1.29, 1.82) is 0 Å². The molecule has 2 nitrogen and oxygen atoms in total. The van der Waals surface area contributed by atoms with Gasteiger partial charge in [0, 0.05) is 12.6 Å². The maximum atomic E-state index is 5.37. The molecule has 1 aliphatic rings. The molecule has 0 atom stereocenters. The molecule has 0 aromatic heterocycles. The van der Waals surface area contributed by atoms with Crippen LogP contribution in [-0.4, -0.2) is 13.2 Å². The Hall–Kier alpha value is -1.02. The van der Waals surface area contributed by atoms with Crippen molar-refractivity contribution in [1.82, 2.24) is 5.32 Å². The summed E-state index contributed by atoms with van der Waals surface area (Å²) < 4.78 is 5.37. The van der Waals surface area contributed by atoms with E-state index in [0.29, 0.717) is 6.04 Å². The molecule has 0 unspecified atom stereocenters. The fourth-order valence-electron chi connectivity index (χ4n) is 2.98. The third-order valence-corrected chi connectivity index (χ3v) is 4.67. The fourth-order valence-corrected chi connectivity index (χ4v) is 2.98. The number of hydrogen-bond donors (Lipinski definition) is 1. The van der Waals surface area contributed by atoms with E-state index < -0.39 is 0 Å². The van der Waals surface area contributed by atoms with Gasteiger partial charge < -0.3 is 10.1 Å². The van der Waals surface area contributed by atoms with E-state index in [1.54, 1.807) is 7.11 Å². The highest BCUT2D eigenvalue weighted by Gasteiger charge is 2.17. The number of nitrogens with one attached hydrogen (secondary N) is 1. The molecule has 0 bridgehead atoms. The molecule has 0 saturated heterocycles. The average molecular weight is 261 g/mol. The van der Waals surface area contributed by atoms with Gasteiger partial charge in [-0.15, -0.1) is 0 Å². The summed E-state index contributed by atoms with van der Waals surface area (Å²) in [4.78, 5) is 0. The lowest BCUT2D eigenvalue weighted by Crippen LogP contribution is -2.32. The van der Waals surface area contributed by atoms with Gasteiger partial charge in [0.05, 0.1) is 7.11 Å². The smallest absolute Gasteiger partial charge is 0.122 e. The molecule has 0 spiro atoms. The molecule has 1 saturated carbocycles. The van der Waals surface area contributed by atoms with Crippen LogP contribution >= 0.6 is 0 Å². The molecule has 19 heavy (non-hydrogen) atoms. The molecule has 0 radical (unpaired) electrons. The van der Waals surface area contributed by atoms with Crippen molar-refractivity contribution < 1.29 is 4.74 Å².